The van der Waals surface area contributed by atoms with Crippen molar-refractivity contribution in [2.24, 2.45) is 0 Å². The number of amides is 4. The fourth-order valence-corrected chi connectivity index (χ4v) is 10.6. The van der Waals surface area contributed by atoms with E-state index in [1.807, 2.05) is 0 Å². The minimum atomic E-state index is -1.00. The zero-order valence-electron chi connectivity index (χ0n) is 51.6. The molecule has 464 valence electrons. The average molecular weight is 1140 g/mol. The van der Waals surface area contributed by atoms with E-state index in [1.54, 1.807) is 7.11 Å². The summed E-state index contributed by atoms with van der Waals surface area (Å²) in [5, 5.41) is 10.9. The van der Waals surface area contributed by atoms with E-state index in [0.717, 1.165) is 64.2 Å². The van der Waals surface area contributed by atoms with Crippen LogP contribution in [0.15, 0.2) is 0 Å². The Bertz CT molecular complexity index is 1440. The number of hydrogen-bond acceptors (Lipinski definition) is 11. The van der Waals surface area contributed by atoms with Crippen LogP contribution < -0.4 is 21.3 Å². The standard InChI is InChI=1S/C64H122N4O10S/c1-6-9-12-15-18-21-24-27-30-33-36-39-42-45-59(69)68-58(64(74)67-56(4)63(73)66-52-60(70)65-48-49-76-51-50-75-5)55-79-54-57(78-62(72)47-44-41-38-35-32-29-26-23-20-17-14-11-8-3)53-77-61(71)46-43-40-37-34-31-28-25-22-19-16-13-10-7-2/h56-58H,6-55H2,1-5H3,(H,65,70)(H,66,73)(H,67,74)(H,68,69)/t56-,57+,58-/m0/s1. The monoisotopic (exact) mass is 1140 g/mol. The lowest BCUT2D eigenvalue weighted by atomic mass is 10.0. The highest BCUT2D eigenvalue weighted by Gasteiger charge is 2.26. The second kappa shape index (κ2) is 59.7. The Morgan fingerprint density at radius 3 is 1.25 bits per heavy atom. The molecule has 0 aromatic heterocycles. The van der Waals surface area contributed by atoms with Crippen LogP contribution in [-0.2, 0) is 47.7 Å². The minimum absolute atomic E-state index is 0.0947. The molecule has 0 aliphatic rings. The molecule has 0 unspecified atom stereocenters. The fraction of sp³-hybridized carbons (Fsp3) is 0.906. The van der Waals surface area contributed by atoms with Crippen LogP contribution in [0.1, 0.15) is 297 Å². The molecule has 0 aliphatic carbocycles. The maximum Gasteiger partial charge on any atom is 0.306 e. The molecule has 0 bridgehead atoms. The predicted octanol–water partition coefficient (Wildman–Crippen LogP) is 14.5. The Kier molecular flexibility index (Phi) is 57.5. The zero-order valence-corrected chi connectivity index (χ0v) is 52.4. The summed E-state index contributed by atoms with van der Waals surface area (Å²) in [6, 6.07) is -2.01. The van der Waals surface area contributed by atoms with E-state index < -0.39 is 35.9 Å². The number of hydrogen-bond donors (Lipinski definition) is 4. The van der Waals surface area contributed by atoms with Crippen LogP contribution in [-0.4, -0.2) is 112 Å². The number of unbranched alkanes of at least 4 members (excludes halogenated alkanes) is 36. The van der Waals surface area contributed by atoms with Crippen molar-refractivity contribution in [1.29, 1.82) is 0 Å². The van der Waals surface area contributed by atoms with Gasteiger partial charge < -0.3 is 40.2 Å². The van der Waals surface area contributed by atoms with Gasteiger partial charge in [0.2, 0.25) is 23.6 Å². The first-order valence-corrected chi connectivity index (χ1v) is 33.9. The summed E-state index contributed by atoms with van der Waals surface area (Å²) in [5.41, 5.74) is 0. The highest BCUT2D eigenvalue weighted by atomic mass is 32.2. The molecule has 0 radical (unpaired) electrons. The van der Waals surface area contributed by atoms with Gasteiger partial charge in [0, 0.05) is 44.4 Å². The van der Waals surface area contributed by atoms with Gasteiger partial charge >= 0.3 is 11.9 Å². The number of thioether (sulfide) groups is 1. The minimum Gasteiger partial charge on any atom is -0.462 e. The molecule has 4 N–H and O–H groups in total. The molecule has 0 fully saturated rings. The molecule has 0 heterocycles. The maximum atomic E-state index is 13.8. The first-order chi connectivity index (χ1) is 38.6. The number of methoxy groups -OCH3 is 1. The third kappa shape index (κ3) is 54.1. The highest BCUT2D eigenvalue weighted by Crippen LogP contribution is 2.18. The average Bonchev–Trinajstić information content (AvgIpc) is 3.43. The van der Waals surface area contributed by atoms with Crippen LogP contribution in [0, 0.1) is 0 Å². The SMILES string of the molecule is CCCCCCCCCCCCCCCC(=O)N[C@@H](CSC[C@@H](COC(=O)CCCCCCCCCCCCCCC)OC(=O)CCCCCCCCCCCCCCC)C(=O)N[C@@H](C)C(=O)NCC(=O)NCCOCCOC. The van der Waals surface area contributed by atoms with Gasteiger partial charge in [-0.15, -0.1) is 0 Å². The third-order valence-electron chi connectivity index (χ3n) is 14.6. The zero-order chi connectivity index (χ0) is 57.9. The molecular formula is C64H122N4O10S. The number of ether oxygens (including phenoxy) is 4. The lowest BCUT2D eigenvalue weighted by Crippen LogP contribution is -2.54. The van der Waals surface area contributed by atoms with Gasteiger partial charge in [0.05, 0.1) is 26.4 Å². The molecular weight excluding hydrogens is 1020 g/mol. The summed E-state index contributed by atoms with van der Waals surface area (Å²) in [4.78, 5) is 78.8. The van der Waals surface area contributed by atoms with Gasteiger partial charge in [-0.05, 0) is 26.2 Å². The highest BCUT2D eigenvalue weighted by molar-refractivity contribution is 7.99. The third-order valence-corrected chi connectivity index (χ3v) is 15.8. The van der Waals surface area contributed by atoms with Crippen molar-refractivity contribution in [2.75, 3.05) is 58.1 Å². The molecule has 0 aromatic rings. The Hall–Kier alpha value is -2.91. The van der Waals surface area contributed by atoms with Gasteiger partial charge in [0.1, 0.15) is 24.8 Å². The number of nitrogens with one attached hydrogen (secondary N) is 4. The molecule has 14 nitrogen and oxygen atoms in total. The van der Waals surface area contributed by atoms with Gasteiger partial charge in [0.25, 0.3) is 0 Å². The van der Waals surface area contributed by atoms with Crippen molar-refractivity contribution < 1.29 is 47.7 Å². The molecule has 0 saturated heterocycles. The summed E-state index contributed by atoms with van der Waals surface area (Å²) >= 11 is 1.32. The summed E-state index contributed by atoms with van der Waals surface area (Å²) in [7, 11) is 1.58. The van der Waals surface area contributed by atoms with E-state index in [9.17, 15) is 28.8 Å². The summed E-state index contributed by atoms with van der Waals surface area (Å²) in [6.07, 6.45) is 47.1. The lowest BCUT2D eigenvalue weighted by molar-refractivity contribution is -0.157. The Morgan fingerprint density at radius 1 is 0.418 bits per heavy atom. The van der Waals surface area contributed by atoms with E-state index in [2.05, 4.69) is 42.0 Å². The van der Waals surface area contributed by atoms with Gasteiger partial charge in [-0.1, -0.05) is 252 Å². The van der Waals surface area contributed by atoms with Crippen molar-refractivity contribution in [2.45, 2.75) is 316 Å². The number of carbonyl (C=O) groups excluding carboxylic acids is 6. The topological polar surface area (TPSA) is 187 Å². The molecule has 0 spiro atoms. The molecule has 15 heteroatoms. The van der Waals surface area contributed by atoms with Gasteiger partial charge in [0.15, 0.2) is 0 Å². The number of esters is 2. The Morgan fingerprint density at radius 2 is 0.823 bits per heavy atom. The molecule has 0 aliphatic heterocycles. The Balaban J connectivity index is 5.46. The molecule has 0 rings (SSSR count). The number of carbonyl (C=O) groups is 6. The van der Waals surface area contributed by atoms with E-state index in [0.29, 0.717) is 32.7 Å². The Labute approximate surface area is 487 Å². The molecule has 4 amide bonds. The lowest BCUT2D eigenvalue weighted by Gasteiger charge is -2.22. The van der Waals surface area contributed by atoms with Crippen molar-refractivity contribution in [3.8, 4) is 0 Å². The van der Waals surface area contributed by atoms with Crippen molar-refractivity contribution in [3.05, 3.63) is 0 Å². The normalized spacial score (nSPS) is 12.4. The first-order valence-electron chi connectivity index (χ1n) is 32.7. The number of rotatable bonds is 61. The van der Waals surface area contributed by atoms with E-state index in [4.69, 9.17) is 18.9 Å². The molecule has 3 atom stereocenters. The van der Waals surface area contributed by atoms with Gasteiger partial charge in [-0.25, -0.2) is 0 Å². The van der Waals surface area contributed by atoms with Crippen molar-refractivity contribution >= 4 is 47.3 Å². The largest absolute Gasteiger partial charge is 0.462 e. The van der Waals surface area contributed by atoms with Gasteiger partial charge in [-0.3, -0.25) is 28.8 Å². The molecule has 0 saturated carbocycles. The summed E-state index contributed by atoms with van der Waals surface area (Å²) < 4.78 is 22.0. The van der Waals surface area contributed by atoms with E-state index in [-0.39, 0.29) is 61.9 Å². The second-order valence-electron chi connectivity index (χ2n) is 22.3. The summed E-state index contributed by atoms with van der Waals surface area (Å²) in [5.74, 6) is -2.07. The smallest absolute Gasteiger partial charge is 0.306 e. The fourth-order valence-electron chi connectivity index (χ4n) is 9.53. The van der Waals surface area contributed by atoms with Crippen LogP contribution in [0.4, 0.5) is 0 Å². The van der Waals surface area contributed by atoms with Crippen LogP contribution in [0.3, 0.4) is 0 Å². The summed E-state index contributed by atoms with van der Waals surface area (Å²) in [6.45, 7) is 9.31. The van der Waals surface area contributed by atoms with E-state index in [1.165, 1.54) is 198 Å². The van der Waals surface area contributed by atoms with Gasteiger partial charge in [-0.2, -0.15) is 11.8 Å². The van der Waals surface area contributed by atoms with Crippen LogP contribution in [0.2, 0.25) is 0 Å². The second-order valence-corrected chi connectivity index (χ2v) is 23.4. The van der Waals surface area contributed by atoms with Crippen LogP contribution in [0.25, 0.3) is 0 Å². The van der Waals surface area contributed by atoms with E-state index >= 15 is 0 Å². The molecule has 0 aromatic carbocycles. The van der Waals surface area contributed by atoms with Crippen molar-refractivity contribution in [3.63, 3.8) is 0 Å². The predicted molar refractivity (Wildman–Crippen MR) is 327 cm³/mol. The van der Waals surface area contributed by atoms with Crippen LogP contribution in [0.5, 0.6) is 0 Å². The maximum absolute atomic E-state index is 13.8. The quantitative estimate of drug-likeness (QED) is 0.0335. The van der Waals surface area contributed by atoms with Crippen LogP contribution >= 0.6 is 11.8 Å². The van der Waals surface area contributed by atoms with Crippen molar-refractivity contribution in [1.82, 2.24) is 21.3 Å². The first kappa shape index (κ1) is 76.1. The molecule has 79 heavy (non-hydrogen) atoms.